The maximum absolute atomic E-state index is 12.2. The predicted molar refractivity (Wildman–Crippen MR) is 137 cm³/mol. The van der Waals surface area contributed by atoms with E-state index >= 15 is 0 Å². The van der Waals surface area contributed by atoms with Gasteiger partial charge in [-0.25, -0.2) is 9.97 Å². The number of benzene rings is 2. The predicted octanol–water partition coefficient (Wildman–Crippen LogP) is 5.70. The highest BCUT2D eigenvalue weighted by Gasteiger charge is 2.08. The van der Waals surface area contributed by atoms with Gasteiger partial charge in [0.2, 0.25) is 11.8 Å². The van der Waals surface area contributed by atoms with Crippen molar-refractivity contribution in [1.82, 2.24) is 9.97 Å². The molecule has 180 valence electrons. The number of anilines is 2. The molecule has 0 radical (unpaired) electrons. The largest absolute Gasteiger partial charge is 0.441 e. The lowest BCUT2D eigenvalue weighted by Gasteiger charge is -2.07. The zero-order valence-corrected chi connectivity index (χ0v) is 20.4. The van der Waals surface area contributed by atoms with Crippen molar-refractivity contribution in [2.24, 2.45) is 0 Å². The Morgan fingerprint density at radius 1 is 0.714 bits per heavy atom. The number of aromatic nitrogens is 2. The van der Waals surface area contributed by atoms with E-state index in [1.165, 1.54) is 0 Å². The number of oxazole rings is 2. The summed E-state index contributed by atoms with van der Waals surface area (Å²) in [5.74, 6) is 3.76. The molecule has 4 aromatic rings. The van der Waals surface area contributed by atoms with Crippen molar-refractivity contribution in [2.45, 2.75) is 26.7 Å². The molecule has 0 saturated carbocycles. The molecular formula is C26H26N4O4S. The Morgan fingerprint density at radius 3 is 1.46 bits per heavy atom. The first-order chi connectivity index (χ1) is 17.0. The SMILES string of the molecule is Cc1ncc(-c2ccc(NC(=O)CCSCCC(=O)Nc3ccc(-c4cnc(C)o4)cc3)cc2)o1. The van der Waals surface area contributed by atoms with Gasteiger partial charge < -0.3 is 19.5 Å². The summed E-state index contributed by atoms with van der Waals surface area (Å²) >= 11 is 1.57. The average molecular weight is 491 g/mol. The maximum Gasteiger partial charge on any atom is 0.225 e. The van der Waals surface area contributed by atoms with Crippen molar-refractivity contribution in [3.63, 3.8) is 0 Å². The van der Waals surface area contributed by atoms with Gasteiger partial charge in [0.05, 0.1) is 12.4 Å². The van der Waals surface area contributed by atoms with Crippen molar-refractivity contribution < 1.29 is 18.4 Å². The molecule has 0 atom stereocenters. The number of nitrogens with one attached hydrogen (secondary N) is 2. The molecular weight excluding hydrogens is 464 g/mol. The Labute approximate surface area is 207 Å². The number of nitrogens with zero attached hydrogens (tertiary/aromatic N) is 2. The third-order valence-corrected chi connectivity index (χ3v) is 6.08. The molecule has 0 spiro atoms. The van der Waals surface area contributed by atoms with Crippen LogP contribution in [0.5, 0.6) is 0 Å². The average Bonchev–Trinajstić information content (AvgIpc) is 3.48. The van der Waals surface area contributed by atoms with Crippen LogP contribution in [0.2, 0.25) is 0 Å². The summed E-state index contributed by atoms with van der Waals surface area (Å²) in [6, 6.07) is 14.9. The van der Waals surface area contributed by atoms with Gasteiger partial charge in [-0.2, -0.15) is 11.8 Å². The lowest BCUT2D eigenvalue weighted by atomic mass is 10.1. The molecule has 0 aliphatic heterocycles. The molecule has 0 bridgehead atoms. The number of thioether (sulfide) groups is 1. The van der Waals surface area contributed by atoms with E-state index in [9.17, 15) is 9.59 Å². The van der Waals surface area contributed by atoms with Crippen LogP contribution in [-0.4, -0.2) is 33.3 Å². The van der Waals surface area contributed by atoms with E-state index < -0.39 is 0 Å². The summed E-state index contributed by atoms with van der Waals surface area (Å²) < 4.78 is 11.0. The number of aryl methyl sites for hydroxylation is 2. The molecule has 2 heterocycles. The summed E-state index contributed by atoms with van der Waals surface area (Å²) in [6.45, 7) is 3.59. The molecule has 9 heteroatoms. The van der Waals surface area contributed by atoms with Crippen LogP contribution in [0.15, 0.2) is 69.8 Å². The van der Waals surface area contributed by atoms with Gasteiger partial charge >= 0.3 is 0 Å². The van der Waals surface area contributed by atoms with E-state index in [-0.39, 0.29) is 11.8 Å². The fourth-order valence-electron chi connectivity index (χ4n) is 3.30. The number of hydrogen-bond acceptors (Lipinski definition) is 7. The van der Waals surface area contributed by atoms with Gasteiger partial charge in [0.1, 0.15) is 0 Å². The zero-order chi connectivity index (χ0) is 24.6. The van der Waals surface area contributed by atoms with E-state index in [0.717, 1.165) is 22.5 Å². The van der Waals surface area contributed by atoms with Crippen LogP contribution in [-0.2, 0) is 9.59 Å². The zero-order valence-electron chi connectivity index (χ0n) is 19.5. The second-order valence-electron chi connectivity index (χ2n) is 7.85. The van der Waals surface area contributed by atoms with Crippen molar-refractivity contribution in [3.05, 3.63) is 72.7 Å². The molecule has 0 aliphatic rings. The van der Waals surface area contributed by atoms with Gasteiger partial charge in [0.15, 0.2) is 23.3 Å². The number of carbonyl (C=O) groups is 2. The van der Waals surface area contributed by atoms with Crippen molar-refractivity contribution >= 4 is 35.0 Å². The van der Waals surface area contributed by atoms with Crippen molar-refractivity contribution in [3.8, 4) is 22.6 Å². The Hall–Kier alpha value is -3.85. The highest BCUT2D eigenvalue weighted by Crippen LogP contribution is 2.23. The Kier molecular flexibility index (Phi) is 7.99. The Balaban J connectivity index is 1.12. The summed E-state index contributed by atoms with van der Waals surface area (Å²) in [6.07, 6.45) is 4.10. The van der Waals surface area contributed by atoms with Gasteiger partial charge in [-0.15, -0.1) is 0 Å². The van der Waals surface area contributed by atoms with Crippen LogP contribution in [0.3, 0.4) is 0 Å². The Morgan fingerprint density at radius 2 is 1.11 bits per heavy atom. The lowest BCUT2D eigenvalue weighted by Crippen LogP contribution is -2.14. The normalized spacial score (nSPS) is 10.8. The van der Waals surface area contributed by atoms with Crippen LogP contribution >= 0.6 is 11.8 Å². The summed E-state index contributed by atoms with van der Waals surface area (Å²) in [4.78, 5) is 32.6. The smallest absolute Gasteiger partial charge is 0.225 e. The van der Waals surface area contributed by atoms with Crippen LogP contribution in [0.1, 0.15) is 24.6 Å². The summed E-state index contributed by atoms with van der Waals surface area (Å²) in [5, 5.41) is 5.77. The fourth-order valence-corrected chi connectivity index (χ4v) is 4.17. The molecule has 0 aliphatic carbocycles. The van der Waals surface area contributed by atoms with E-state index in [4.69, 9.17) is 8.83 Å². The first kappa shape index (κ1) is 24.3. The van der Waals surface area contributed by atoms with Crippen LogP contribution in [0, 0.1) is 13.8 Å². The first-order valence-corrected chi connectivity index (χ1v) is 12.3. The molecule has 8 nitrogen and oxygen atoms in total. The molecule has 4 rings (SSSR count). The third-order valence-electron chi connectivity index (χ3n) is 5.10. The van der Waals surface area contributed by atoms with Gasteiger partial charge in [0, 0.05) is 60.7 Å². The van der Waals surface area contributed by atoms with E-state index in [1.807, 2.05) is 48.5 Å². The number of amides is 2. The van der Waals surface area contributed by atoms with Crippen LogP contribution in [0.4, 0.5) is 11.4 Å². The highest BCUT2D eigenvalue weighted by atomic mass is 32.2. The Bertz CT molecular complexity index is 1180. The standard InChI is InChI=1S/C26H26N4O4S/c1-17-27-15-23(33-17)19-3-7-21(8-4-19)29-25(31)11-13-35-14-12-26(32)30-22-9-5-20(6-10-22)24-16-28-18(2)34-24/h3-10,15-16H,11-14H2,1-2H3,(H,29,31)(H,30,32). The van der Waals surface area contributed by atoms with Crippen LogP contribution in [0.25, 0.3) is 22.6 Å². The quantitative estimate of drug-likeness (QED) is 0.274. The van der Waals surface area contributed by atoms with Crippen molar-refractivity contribution in [2.75, 3.05) is 22.1 Å². The number of hydrogen-bond donors (Lipinski definition) is 2. The van der Waals surface area contributed by atoms with E-state index in [2.05, 4.69) is 20.6 Å². The molecule has 35 heavy (non-hydrogen) atoms. The minimum absolute atomic E-state index is 0.0627. The summed E-state index contributed by atoms with van der Waals surface area (Å²) in [5.41, 5.74) is 3.25. The van der Waals surface area contributed by atoms with E-state index in [1.54, 1.807) is 38.0 Å². The number of rotatable bonds is 10. The van der Waals surface area contributed by atoms with Crippen LogP contribution < -0.4 is 10.6 Å². The molecule has 0 saturated heterocycles. The van der Waals surface area contributed by atoms with Crippen molar-refractivity contribution in [1.29, 1.82) is 0 Å². The molecule has 2 amide bonds. The topological polar surface area (TPSA) is 110 Å². The summed E-state index contributed by atoms with van der Waals surface area (Å²) in [7, 11) is 0. The lowest BCUT2D eigenvalue weighted by molar-refractivity contribution is -0.116. The van der Waals surface area contributed by atoms with Gasteiger partial charge in [-0.1, -0.05) is 0 Å². The minimum atomic E-state index is -0.0627. The maximum atomic E-state index is 12.2. The molecule has 0 unspecified atom stereocenters. The second kappa shape index (κ2) is 11.5. The fraction of sp³-hybridized carbons (Fsp3) is 0.231. The third kappa shape index (κ3) is 7.07. The molecule has 2 N–H and O–H groups in total. The number of carbonyl (C=O) groups excluding carboxylic acids is 2. The minimum Gasteiger partial charge on any atom is -0.441 e. The monoisotopic (exact) mass is 490 g/mol. The van der Waals surface area contributed by atoms with E-state index in [0.29, 0.717) is 47.6 Å². The second-order valence-corrected chi connectivity index (χ2v) is 9.08. The van der Waals surface area contributed by atoms with Gasteiger partial charge in [0.25, 0.3) is 0 Å². The molecule has 2 aromatic carbocycles. The van der Waals surface area contributed by atoms with Gasteiger partial charge in [-0.05, 0) is 48.5 Å². The molecule has 0 fully saturated rings. The van der Waals surface area contributed by atoms with Gasteiger partial charge in [-0.3, -0.25) is 9.59 Å². The highest BCUT2D eigenvalue weighted by molar-refractivity contribution is 7.99. The first-order valence-electron chi connectivity index (χ1n) is 11.2. The molecule has 2 aromatic heterocycles.